The van der Waals surface area contributed by atoms with Crippen LogP contribution in [-0.2, 0) is 0 Å². The molecule has 106 valence electrons. The van der Waals surface area contributed by atoms with E-state index < -0.39 is 0 Å². The minimum absolute atomic E-state index is 0.659. The maximum Gasteiger partial charge on any atom is 0.0323 e. The van der Waals surface area contributed by atoms with Crippen LogP contribution in [0.15, 0.2) is 36.4 Å². The molecule has 2 heteroatoms. The van der Waals surface area contributed by atoms with E-state index in [0.717, 1.165) is 18.0 Å². The molecule has 2 saturated heterocycles. The molecular weight excluding hydrogens is 244 g/mol. The first kappa shape index (κ1) is 12.6. The molecule has 4 atom stereocenters. The number of piperidine rings is 2. The molecule has 0 radical (unpaired) electrons. The topological polar surface area (TPSA) is 24.1 Å². The summed E-state index contributed by atoms with van der Waals surface area (Å²) in [6.07, 6.45) is 11.4. The van der Waals surface area contributed by atoms with Crippen LogP contribution in [0, 0.1) is 0 Å². The van der Waals surface area contributed by atoms with Crippen molar-refractivity contribution in [3.8, 4) is 0 Å². The molecule has 0 spiro atoms. The van der Waals surface area contributed by atoms with Crippen molar-refractivity contribution in [1.82, 2.24) is 10.6 Å². The second-order valence-corrected chi connectivity index (χ2v) is 6.56. The Bertz CT molecular complexity index is 457. The quantitative estimate of drug-likeness (QED) is 0.706. The molecule has 1 aromatic rings. The van der Waals surface area contributed by atoms with Crippen LogP contribution in [0.3, 0.4) is 0 Å². The molecule has 2 fully saturated rings. The molecule has 1 aliphatic carbocycles. The summed E-state index contributed by atoms with van der Waals surface area (Å²) in [5.74, 6) is 0.797. The minimum atomic E-state index is 0.659. The van der Waals surface area contributed by atoms with Crippen molar-refractivity contribution in [3.63, 3.8) is 0 Å². The molecule has 0 aromatic heterocycles. The zero-order valence-corrected chi connectivity index (χ0v) is 12.0. The van der Waals surface area contributed by atoms with E-state index >= 15 is 0 Å². The predicted molar refractivity (Wildman–Crippen MR) is 82.9 cm³/mol. The van der Waals surface area contributed by atoms with Gasteiger partial charge in [0.15, 0.2) is 0 Å². The van der Waals surface area contributed by atoms with Gasteiger partial charge in [0.25, 0.3) is 0 Å². The second kappa shape index (κ2) is 5.34. The average molecular weight is 268 g/mol. The second-order valence-electron chi connectivity index (χ2n) is 6.56. The Labute approximate surface area is 121 Å². The van der Waals surface area contributed by atoms with Gasteiger partial charge in [-0.25, -0.2) is 0 Å². The molecule has 0 saturated carbocycles. The van der Waals surface area contributed by atoms with Crippen LogP contribution >= 0.6 is 0 Å². The van der Waals surface area contributed by atoms with E-state index in [2.05, 4.69) is 47.1 Å². The highest BCUT2D eigenvalue weighted by Gasteiger charge is 2.31. The third kappa shape index (κ3) is 2.32. The van der Waals surface area contributed by atoms with E-state index in [1.54, 1.807) is 11.1 Å². The molecular formula is C18H24N2. The van der Waals surface area contributed by atoms with Gasteiger partial charge in [0.2, 0.25) is 0 Å². The summed E-state index contributed by atoms with van der Waals surface area (Å²) < 4.78 is 0. The van der Waals surface area contributed by atoms with E-state index in [9.17, 15) is 0 Å². The standard InChI is InChI=1S/C11H13N.C7H11N/c1-2-4-10-9(3-1)8-5-6-11(10)12-7-8;1-2-6-4-5-7(3-1)8-6/h1-4,8,11-12H,5-7H2;4-8H,1-3H2. The highest BCUT2D eigenvalue weighted by Crippen LogP contribution is 2.40. The van der Waals surface area contributed by atoms with Crippen molar-refractivity contribution < 1.29 is 0 Å². The summed E-state index contributed by atoms with van der Waals surface area (Å²) in [5.41, 5.74) is 3.16. The summed E-state index contributed by atoms with van der Waals surface area (Å²) in [6.45, 7) is 1.20. The van der Waals surface area contributed by atoms with Gasteiger partial charge >= 0.3 is 0 Å². The van der Waals surface area contributed by atoms with Crippen molar-refractivity contribution in [1.29, 1.82) is 0 Å². The molecule has 2 N–H and O–H groups in total. The van der Waals surface area contributed by atoms with Gasteiger partial charge in [-0.1, -0.05) is 36.4 Å². The van der Waals surface area contributed by atoms with Gasteiger partial charge in [0.05, 0.1) is 0 Å². The first-order valence-electron chi connectivity index (χ1n) is 8.17. The van der Waals surface area contributed by atoms with Gasteiger partial charge in [0, 0.05) is 24.7 Å². The number of nitrogens with one attached hydrogen (secondary N) is 2. The SMILES string of the molecule is C1=CC2CCCC1N2.c1ccc2c(c1)C1CCC2NC1. The molecule has 20 heavy (non-hydrogen) atoms. The first-order chi connectivity index (χ1) is 9.90. The monoisotopic (exact) mass is 268 g/mol. The molecule has 4 bridgehead atoms. The molecule has 2 nitrogen and oxygen atoms in total. The van der Waals surface area contributed by atoms with Crippen LogP contribution in [0.4, 0.5) is 0 Å². The van der Waals surface area contributed by atoms with Crippen molar-refractivity contribution in [2.75, 3.05) is 6.54 Å². The summed E-state index contributed by atoms with van der Waals surface area (Å²) >= 11 is 0. The fourth-order valence-corrected chi connectivity index (χ4v) is 4.16. The Balaban J connectivity index is 0.000000115. The summed E-state index contributed by atoms with van der Waals surface area (Å²) in [5, 5.41) is 7.05. The maximum atomic E-state index is 3.57. The van der Waals surface area contributed by atoms with Crippen LogP contribution in [0.1, 0.15) is 55.2 Å². The molecule has 1 aromatic carbocycles. The highest BCUT2D eigenvalue weighted by atomic mass is 15.0. The van der Waals surface area contributed by atoms with Crippen molar-refractivity contribution in [2.45, 2.75) is 56.1 Å². The van der Waals surface area contributed by atoms with Crippen LogP contribution in [0.2, 0.25) is 0 Å². The van der Waals surface area contributed by atoms with Crippen LogP contribution in [0.5, 0.6) is 0 Å². The maximum absolute atomic E-state index is 3.57. The number of benzene rings is 1. The minimum Gasteiger partial charge on any atom is -0.309 e. The zero-order valence-electron chi connectivity index (χ0n) is 12.0. The molecule has 6 rings (SSSR count). The van der Waals surface area contributed by atoms with Gasteiger partial charge in [-0.3, -0.25) is 0 Å². The van der Waals surface area contributed by atoms with Gasteiger partial charge in [-0.15, -0.1) is 0 Å². The Morgan fingerprint density at radius 3 is 2.20 bits per heavy atom. The summed E-state index contributed by atoms with van der Waals surface area (Å²) in [4.78, 5) is 0. The molecule has 0 amide bonds. The molecule has 5 aliphatic rings. The first-order valence-corrected chi connectivity index (χ1v) is 8.17. The number of hydrogen-bond acceptors (Lipinski definition) is 2. The van der Waals surface area contributed by atoms with E-state index in [1.807, 2.05) is 0 Å². The van der Waals surface area contributed by atoms with Crippen molar-refractivity contribution >= 4 is 0 Å². The fourth-order valence-electron chi connectivity index (χ4n) is 4.16. The van der Waals surface area contributed by atoms with Crippen molar-refractivity contribution in [2.24, 2.45) is 0 Å². The highest BCUT2D eigenvalue weighted by molar-refractivity contribution is 5.37. The van der Waals surface area contributed by atoms with E-state index in [-0.39, 0.29) is 0 Å². The fraction of sp³-hybridized carbons (Fsp3) is 0.556. The van der Waals surface area contributed by atoms with Gasteiger partial charge < -0.3 is 10.6 Å². The zero-order chi connectivity index (χ0) is 13.4. The Hall–Kier alpha value is -1.12. The number of hydrogen-bond donors (Lipinski definition) is 2. The summed E-state index contributed by atoms with van der Waals surface area (Å²) in [7, 11) is 0. The summed E-state index contributed by atoms with van der Waals surface area (Å²) in [6, 6.07) is 11.0. The number of fused-ring (bicyclic) bond motifs is 4. The van der Waals surface area contributed by atoms with Crippen LogP contribution in [0.25, 0.3) is 0 Å². The van der Waals surface area contributed by atoms with Crippen molar-refractivity contribution in [3.05, 3.63) is 47.5 Å². The van der Waals surface area contributed by atoms with Crippen LogP contribution < -0.4 is 10.6 Å². The normalized spacial score (nSPS) is 36.2. The third-order valence-electron chi connectivity index (χ3n) is 5.26. The van der Waals surface area contributed by atoms with Crippen LogP contribution in [-0.4, -0.2) is 18.6 Å². The Morgan fingerprint density at radius 1 is 0.850 bits per heavy atom. The van der Waals surface area contributed by atoms with Gasteiger partial charge in [-0.05, 0) is 49.1 Å². The average Bonchev–Trinajstić information content (AvgIpc) is 2.88. The lowest BCUT2D eigenvalue weighted by Gasteiger charge is -2.39. The lowest BCUT2D eigenvalue weighted by Crippen LogP contribution is -2.38. The Morgan fingerprint density at radius 2 is 1.60 bits per heavy atom. The van der Waals surface area contributed by atoms with Gasteiger partial charge in [0.1, 0.15) is 0 Å². The molecule has 4 aliphatic heterocycles. The smallest absolute Gasteiger partial charge is 0.0323 e. The third-order valence-corrected chi connectivity index (χ3v) is 5.26. The lowest BCUT2D eigenvalue weighted by atomic mass is 9.76. The van der Waals surface area contributed by atoms with Gasteiger partial charge in [-0.2, -0.15) is 0 Å². The largest absolute Gasteiger partial charge is 0.309 e. The number of rotatable bonds is 0. The Kier molecular flexibility index (Phi) is 3.37. The predicted octanol–water partition coefficient (Wildman–Crippen LogP) is 3.28. The van der Waals surface area contributed by atoms with E-state index in [0.29, 0.717) is 6.04 Å². The van der Waals surface area contributed by atoms with E-state index in [1.165, 1.54) is 38.6 Å². The molecule has 4 heterocycles. The molecule has 4 unspecified atom stereocenters. The van der Waals surface area contributed by atoms with E-state index in [4.69, 9.17) is 0 Å². The lowest BCUT2D eigenvalue weighted by molar-refractivity contribution is 0.338.